The SMILES string of the molecule is C=C(NC)C(C(CO)C(CN)CCC)N(C)Cc1cccc(-c2cc(C(=O)NC(CC(C)C)CN(C)C)cc(N(C)C)c2)c1OC. The molecule has 0 aliphatic rings. The summed E-state index contributed by atoms with van der Waals surface area (Å²) in [6, 6.07) is 12.0. The number of hydrogen-bond acceptors (Lipinski definition) is 8. The van der Waals surface area contributed by atoms with E-state index in [9.17, 15) is 9.90 Å². The number of carbonyl (C=O) groups excluding carboxylic acids is 1. The second-order valence-corrected chi connectivity index (χ2v) is 13.5. The molecule has 0 aliphatic heterocycles. The molecule has 0 fully saturated rings. The van der Waals surface area contributed by atoms with Crippen molar-refractivity contribution in [2.24, 2.45) is 23.5 Å². The Balaban J connectivity index is 2.56. The molecule has 0 radical (unpaired) electrons. The quantitative estimate of drug-likeness (QED) is 0.166. The van der Waals surface area contributed by atoms with Crippen molar-refractivity contribution in [3.8, 4) is 16.9 Å². The van der Waals surface area contributed by atoms with Gasteiger partial charge in [-0.3, -0.25) is 9.69 Å². The van der Waals surface area contributed by atoms with Crippen molar-refractivity contribution in [2.45, 2.75) is 58.7 Å². The van der Waals surface area contributed by atoms with Crippen LogP contribution in [-0.4, -0.2) is 102 Å². The number of amides is 1. The van der Waals surface area contributed by atoms with Gasteiger partial charge >= 0.3 is 0 Å². The highest BCUT2D eigenvalue weighted by molar-refractivity contribution is 5.97. The highest BCUT2D eigenvalue weighted by Gasteiger charge is 2.33. The number of aliphatic hydroxyl groups excluding tert-OH is 1. The number of nitrogens with two attached hydrogens (primary N) is 1. The minimum atomic E-state index is -0.142. The van der Waals surface area contributed by atoms with Crippen LogP contribution in [0.2, 0.25) is 0 Å². The van der Waals surface area contributed by atoms with E-state index in [2.05, 4.69) is 67.0 Å². The molecule has 9 heteroatoms. The van der Waals surface area contributed by atoms with Crippen LogP contribution in [-0.2, 0) is 6.54 Å². The number of rotatable bonds is 20. The lowest BCUT2D eigenvalue weighted by molar-refractivity contribution is 0.0851. The number of carbonyl (C=O) groups is 1. The van der Waals surface area contributed by atoms with Crippen molar-refractivity contribution in [1.29, 1.82) is 0 Å². The molecule has 258 valence electrons. The van der Waals surface area contributed by atoms with Gasteiger partial charge in [0.1, 0.15) is 5.75 Å². The maximum atomic E-state index is 13.7. The number of nitrogens with zero attached hydrogens (tertiary/aromatic N) is 3. The zero-order chi connectivity index (χ0) is 34.6. The van der Waals surface area contributed by atoms with E-state index in [1.807, 2.05) is 64.4 Å². The molecule has 2 aromatic rings. The fourth-order valence-electron chi connectivity index (χ4n) is 6.54. The molecule has 0 spiro atoms. The maximum absolute atomic E-state index is 13.7. The van der Waals surface area contributed by atoms with Crippen LogP contribution >= 0.6 is 0 Å². The minimum absolute atomic E-state index is 0.0173. The number of benzene rings is 2. The van der Waals surface area contributed by atoms with Gasteiger partial charge in [-0.05, 0) is 76.1 Å². The van der Waals surface area contributed by atoms with Crippen LogP contribution in [0.4, 0.5) is 5.69 Å². The summed E-state index contributed by atoms with van der Waals surface area (Å²) in [5.41, 5.74) is 11.4. The number of likely N-dealkylation sites (N-methyl/N-ethyl adjacent to an activating group) is 3. The van der Waals surface area contributed by atoms with Crippen molar-refractivity contribution >= 4 is 11.6 Å². The van der Waals surface area contributed by atoms with E-state index < -0.39 is 0 Å². The summed E-state index contributed by atoms with van der Waals surface area (Å²) in [5.74, 6) is 1.22. The van der Waals surface area contributed by atoms with Crippen LogP contribution in [0.5, 0.6) is 5.75 Å². The molecule has 9 nitrogen and oxygen atoms in total. The first-order valence-corrected chi connectivity index (χ1v) is 16.6. The zero-order valence-electron chi connectivity index (χ0n) is 30.2. The third-order valence-electron chi connectivity index (χ3n) is 8.74. The van der Waals surface area contributed by atoms with E-state index >= 15 is 0 Å². The molecule has 2 rings (SSSR count). The molecule has 5 N–H and O–H groups in total. The monoisotopic (exact) mass is 638 g/mol. The maximum Gasteiger partial charge on any atom is 0.251 e. The van der Waals surface area contributed by atoms with Crippen molar-refractivity contribution in [2.75, 3.05) is 74.0 Å². The van der Waals surface area contributed by atoms with Gasteiger partial charge < -0.3 is 36.0 Å². The Morgan fingerprint density at radius 2 is 1.80 bits per heavy atom. The second kappa shape index (κ2) is 18.9. The highest BCUT2D eigenvalue weighted by Crippen LogP contribution is 2.37. The van der Waals surface area contributed by atoms with E-state index in [4.69, 9.17) is 10.5 Å². The highest BCUT2D eigenvalue weighted by atomic mass is 16.5. The van der Waals surface area contributed by atoms with E-state index in [0.29, 0.717) is 24.6 Å². The Labute approximate surface area is 279 Å². The smallest absolute Gasteiger partial charge is 0.251 e. The van der Waals surface area contributed by atoms with Gasteiger partial charge in [-0.25, -0.2) is 0 Å². The Morgan fingerprint density at radius 1 is 1.11 bits per heavy atom. The van der Waals surface area contributed by atoms with Gasteiger partial charge in [0, 0.05) is 80.9 Å². The standard InChI is InChI=1S/C37H62N6O3/c1-12-14-27(21-38)34(24-44)35(26(4)39-5)43(10)22-28-15-13-16-33(36(28)46-11)29-18-30(20-32(19-29)42(8)9)37(45)40-31(17-25(2)3)23-41(6)7/h13,15-16,18-20,25,27,31,34-35,39,44H,4,12,14,17,21-24,38H2,1-3,5-11H3,(H,40,45). The predicted molar refractivity (Wildman–Crippen MR) is 194 cm³/mol. The number of anilines is 1. The number of ether oxygens (including phenoxy) is 1. The molecule has 0 saturated carbocycles. The third-order valence-corrected chi connectivity index (χ3v) is 8.74. The Kier molecular flexibility index (Phi) is 16.0. The van der Waals surface area contributed by atoms with Crippen LogP contribution in [0.15, 0.2) is 48.7 Å². The molecule has 0 bridgehead atoms. The summed E-state index contributed by atoms with van der Waals surface area (Å²) in [6.07, 6.45) is 2.83. The van der Waals surface area contributed by atoms with Crippen molar-refractivity contribution < 1.29 is 14.6 Å². The van der Waals surface area contributed by atoms with Crippen LogP contribution in [0.25, 0.3) is 11.1 Å². The summed E-state index contributed by atoms with van der Waals surface area (Å²) in [6.45, 7) is 12.7. The first-order valence-electron chi connectivity index (χ1n) is 16.6. The first-order chi connectivity index (χ1) is 21.8. The molecule has 1 amide bonds. The summed E-state index contributed by atoms with van der Waals surface area (Å²) < 4.78 is 6.09. The van der Waals surface area contributed by atoms with Gasteiger partial charge in [0.25, 0.3) is 5.91 Å². The largest absolute Gasteiger partial charge is 0.496 e. The fourth-order valence-corrected chi connectivity index (χ4v) is 6.54. The van der Waals surface area contributed by atoms with Crippen LogP contribution < -0.4 is 26.0 Å². The molecular formula is C37H62N6O3. The molecule has 0 saturated heterocycles. The predicted octanol–water partition coefficient (Wildman–Crippen LogP) is 4.65. The van der Waals surface area contributed by atoms with E-state index in [-0.39, 0.29) is 36.4 Å². The number of nitrogens with one attached hydrogen (secondary N) is 2. The van der Waals surface area contributed by atoms with E-state index in [0.717, 1.165) is 59.6 Å². The summed E-state index contributed by atoms with van der Waals surface area (Å²) in [5, 5.41) is 17.1. The van der Waals surface area contributed by atoms with Crippen molar-refractivity contribution in [3.63, 3.8) is 0 Å². The fraction of sp³-hybridized carbons (Fsp3) is 0.595. The summed E-state index contributed by atoms with van der Waals surface area (Å²) >= 11 is 0. The number of methoxy groups -OCH3 is 1. The summed E-state index contributed by atoms with van der Waals surface area (Å²) in [7, 11) is 13.6. The number of hydrogen-bond donors (Lipinski definition) is 4. The molecule has 2 aromatic carbocycles. The lowest BCUT2D eigenvalue weighted by Gasteiger charge is -2.39. The van der Waals surface area contributed by atoms with Gasteiger partial charge in [0.2, 0.25) is 0 Å². The topological polar surface area (TPSA) is 106 Å². The second-order valence-electron chi connectivity index (χ2n) is 13.5. The Morgan fingerprint density at radius 3 is 2.33 bits per heavy atom. The van der Waals surface area contributed by atoms with Gasteiger partial charge in [-0.15, -0.1) is 0 Å². The number of para-hydroxylation sites is 1. The molecule has 4 atom stereocenters. The number of aliphatic hydroxyl groups is 1. The summed E-state index contributed by atoms with van der Waals surface area (Å²) in [4.78, 5) is 20.0. The van der Waals surface area contributed by atoms with Gasteiger partial charge in [-0.1, -0.05) is 52.0 Å². The molecule has 0 heterocycles. The lowest BCUT2D eigenvalue weighted by Crippen LogP contribution is -2.47. The van der Waals surface area contributed by atoms with Crippen LogP contribution in [0, 0.1) is 17.8 Å². The lowest BCUT2D eigenvalue weighted by atomic mass is 9.81. The van der Waals surface area contributed by atoms with Gasteiger partial charge in [0.15, 0.2) is 0 Å². The zero-order valence-corrected chi connectivity index (χ0v) is 30.2. The first kappa shape index (κ1) is 39.1. The molecule has 0 aromatic heterocycles. The Bertz CT molecular complexity index is 1240. The molecule has 4 unspecified atom stereocenters. The van der Waals surface area contributed by atoms with E-state index in [1.165, 1.54) is 0 Å². The van der Waals surface area contributed by atoms with Gasteiger partial charge in [-0.2, -0.15) is 0 Å². The average Bonchev–Trinajstić information content (AvgIpc) is 3.01. The normalized spacial score (nSPS) is 14.2. The van der Waals surface area contributed by atoms with E-state index in [1.54, 1.807) is 7.11 Å². The third kappa shape index (κ3) is 10.7. The molecular weight excluding hydrogens is 576 g/mol. The van der Waals surface area contributed by atoms with Gasteiger partial charge in [0.05, 0.1) is 13.2 Å². The minimum Gasteiger partial charge on any atom is -0.496 e. The van der Waals surface area contributed by atoms with Crippen LogP contribution in [0.1, 0.15) is 56.0 Å². The molecule has 0 aliphatic carbocycles. The van der Waals surface area contributed by atoms with Crippen LogP contribution in [0.3, 0.4) is 0 Å². The van der Waals surface area contributed by atoms with Crippen molar-refractivity contribution in [1.82, 2.24) is 20.4 Å². The average molecular weight is 639 g/mol. The van der Waals surface area contributed by atoms with Crippen molar-refractivity contribution in [3.05, 3.63) is 59.8 Å². The Hall–Kier alpha value is -3.11. The molecule has 46 heavy (non-hydrogen) atoms.